The second-order valence-corrected chi connectivity index (χ2v) is 7.22. The third-order valence-corrected chi connectivity index (χ3v) is 4.64. The summed E-state index contributed by atoms with van der Waals surface area (Å²) in [6, 6.07) is 4.11. The van der Waals surface area contributed by atoms with Crippen LogP contribution in [0.15, 0.2) is 28.9 Å². The van der Waals surface area contributed by atoms with E-state index in [-0.39, 0.29) is 15.6 Å². The summed E-state index contributed by atoms with van der Waals surface area (Å²) in [5, 5.41) is 10.2. The van der Waals surface area contributed by atoms with Crippen molar-refractivity contribution in [2.75, 3.05) is 0 Å². The number of hydrogen-bond donors (Lipinski definition) is 1. The predicted molar refractivity (Wildman–Crippen MR) is 80.4 cm³/mol. The van der Waals surface area contributed by atoms with Gasteiger partial charge >= 0.3 is 0 Å². The van der Waals surface area contributed by atoms with E-state index in [1.165, 1.54) is 6.07 Å². The van der Waals surface area contributed by atoms with Crippen LogP contribution in [0.2, 0.25) is 0 Å². The first kappa shape index (κ1) is 14.7. The highest BCUT2D eigenvalue weighted by atomic mass is 79.9. The highest BCUT2D eigenvalue weighted by Crippen LogP contribution is 2.42. The normalized spacial score (nSPS) is 20.4. The first-order valence-corrected chi connectivity index (χ1v) is 7.61. The van der Waals surface area contributed by atoms with Gasteiger partial charge in [-0.05, 0) is 46.3 Å². The number of aliphatic hydroxyl groups is 1. The van der Waals surface area contributed by atoms with Crippen LogP contribution < -0.4 is 0 Å². The van der Waals surface area contributed by atoms with E-state index in [0.29, 0.717) is 6.42 Å². The monoisotopic (exact) mass is 355 g/mol. The second-order valence-electron chi connectivity index (χ2n) is 6.37. The van der Waals surface area contributed by atoms with Crippen LogP contribution in [0, 0.1) is 17.0 Å². The SMILES string of the molecule is CC1(C)Cc2c(ccn2-c2cc(Br)c(F)cc2F)C(O)C1. The summed E-state index contributed by atoms with van der Waals surface area (Å²) in [5.74, 6) is -1.25. The minimum absolute atomic E-state index is 0.0593. The molecule has 0 saturated carbocycles. The van der Waals surface area contributed by atoms with E-state index in [4.69, 9.17) is 0 Å². The van der Waals surface area contributed by atoms with Gasteiger partial charge in [0.05, 0.1) is 16.3 Å². The van der Waals surface area contributed by atoms with E-state index < -0.39 is 17.7 Å². The van der Waals surface area contributed by atoms with Crippen molar-refractivity contribution in [3.05, 3.63) is 51.8 Å². The van der Waals surface area contributed by atoms with E-state index in [9.17, 15) is 13.9 Å². The molecule has 5 heteroatoms. The summed E-state index contributed by atoms with van der Waals surface area (Å²) in [6.07, 6.45) is 2.61. The molecule has 1 aromatic heterocycles. The van der Waals surface area contributed by atoms with Gasteiger partial charge in [-0.3, -0.25) is 0 Å². The van der Waals surface area contributed by atoms with E-state index in [0.717, 1.165) is 23.7 Å². The van der Waals surface area contributed by atoms with Crippen molar-refractivity contribution in [1.29, 1.82) is 0 Å². The molecule has 0 bridgehead atoms. The number of nitrogens with zero attached hydrogens (tertiary/aromatic N) is 1. The fraction of sp³-hybridized carbons (Fsp3) is 0.375. The molecule has 1 N–H and O–H groups in total. The Morgan fingerprint density at radius 1 is 1.29 bits per heavy atom. The number of halogens is 3. The Labute approximate surface area is 130 Å². The molecule has 0 amide bonds. The van der Waals surface area contributed by atoms with Gasteiger partial charge in [-0.1, -0.05) is 13.8 Å². The number of benzene rings is 1. The smallest absolute Gasteiger partial charge is 0.150 e. The summed E-state index contributed by atoms with van der Waals surface area (Å²) in [5.41, 5.74) is 1.94. The Morgan fingerprint density at radius 2 is 2.00 bits per heavy atom. The Kier molecular flexibility index (Phi) is 3.45. The number of aromatic nitrogens is 1. The molecule has 21 heavy (non-hydrogen) atoms. The second kappa shape index (κ2) is 4.92. The minimum atomic E-state index is -0.627. The maximum Gasteiger partial charge on any atom is 0.150 e. The predicted octanol–water partition coefficient (Wildman–Crippen LogP) is 4.52. The topological polar surface area (TPSA) is 25.2 Å². The Hall–Kier alpha value is -1.20. The highest BCUT2D eigenvalue weighted by molar-refractivity contribution is 9.10. The molecule has 112 valence electrons. The molecule has 1 unspecified atom stereocenters. The lowest BCUT2D eigenvalue weighted by Gasteiger charge is -2.34. The molecule has 0 radical (unpaired) electrons. The van der Waals surface area contributed by atoms with Crippen LogP contribution in [0.25, 0.3) is 5.69 Å². The molecule has 1 aliphatic carbocycles. The molecular formula is C16H16BrF2NO. The van der Waals surface area contributed by atoms with Gasteiger partial charge in [-0.15, -0.1) is 0 Å². The summed E-state index contributed by atoms with van der Waals surface area (Å²) < 4.78 is 29.4. The quantitative estimate of drug-likeness (QED) is 0.747. The average Bonchev–Trinajstić information content (AvgIpc) is 2.76. The van der Waals surface area contributed by atoms with Crippen LogP contribution in [0.3, 0.4) is 0 Å². The maximum absolute atomic E-state index is 14.1. The average molecular weight is 356 g/mol. The molecule has 1 atom stereocenters. The summed E-state index contributed by atoms with van der Waals surface area (Å²) >= 11 is 3.09. The molecule has 0 aliphatic heterocycles. The van der Waals surface area contributed by atoms with E-state index in [1.807, 2.05) is 6.07 Å². The van der Waals surface area contributed by atoms with Crippen LogP contribution >= 0.6 is 15.9 Å². The number of fused-ring (bicyclic) bond motifs is 1. The van der Waals surface area contributed by atoms with Gasteiger partial charge in [0.15, 0.2) is 0 Å². The minimum Gasteiger partial charge on any atom is -0.388 e. The molecule has 1 aromatic carbocycles. The van der Waals surface area contributed by atoms with Crippen molar-refractivity contribution >= 4 is 15.9 Å². The number of rotatable bonds is 1. The van der Waals surface area contributed by atoms with Gasteiger partial charge in [0, 0.05) is 23.5 Å². The van der Waals surface area contributed by atoms with Gasteiger partial charge < -0.3 is 9.67 Å². The van der Waals surface area contributed by atoms with Crippen LogP contribution in [0.5, 0.6) is 0 Å². The fourth-order valence-corrected chi connectivity index (χ4v) is 3.38. The number of aliphatic hydroxyl groups excluding tert-OH is 1. The number of hydrogen-bond acceptors (Lipinski definition) is 1. The third kappa shape index (κ3) is 2.53. The maximum atomic E-state index is 14.1. The Bertz CT molecular complexity index is 709. The standard InChI is InChI=1S/C16H16BrF2NO/c1-16(2)7-14-9(15(21)8-16)3-4-20(14)13-5-10(17)11(18)6-12(13)19/h3-6,15,21H,7-8H2,1-2H3. The lowest BCUT2D eigenvalue weighted by Crippen LogP contribution is -2.26. The lowest BCUT2D eigenvalue weighted by atomic mass is 9.75. The Morgan fingerprint density at radius 3 is 2.71 bits per heavy atom. The molecule has 0 spiro atoms. The molecule has 2 nitrogen and oxygen atoms in total. The van der Waals surface area contributed by atoms with E-state index in [1.54, 1.807) is 10.8 Å². The first-order chi connectivity index (χ1) is 9.78. The fourth-order valence-electron chi connectivity index (χ4n) is 3.05. The lowest BCUT2D eigenvalue weighted by molar-refractivity contribution is 0.0986. The van der Waals surface area contributed by atoms with Crippen LogP contribution in [0.1, 0.15) is 37.6 Å². The van der Waals surface area contributed by atoms with Gasteiger partial charge in [0.25, 0.3) is 0 Å². The zero-order chi connectivity index (χ0) is 15.4. The van der Waals surface area contributed by atoms with E-state index in [2.05, 4.69) is 29.8 Å². The summed E-state index contributed by atoms with van der Waals surface area (Å²) in [4.78, 5) is 0. The summed E-state index contributed by atoms with van der Waals surface area (Å²) in [7, 11) is 0. The van der Waals surface area contributed by atoms with Crippen molar-refractivity contribution in [2.24, 2.45) is 5.41 Å². The first-order valence-electron chi connectivity index (χ1n) is 6.81. The molecule has 2 aromatic rings. The molecule has 0 saturated heterocycles. The molecular weight excluding hydrogens is 340 g/mol. The van der Waals surface area contributed by atoms with E-state index >= 15 is 0 Å². The van der Waals surface area contributed by atoms with Gasteiger partial charge in [0.2, 0.25) is 0 Å². The van der Waals surface area contributed by atoms with Crippen molar-refractivity contribution in [3.63, 3.8) is 0 Å². The van der Waals surface area contributed by atoms with Crippen LogP contribution in [0.4, 0.5) is 8.78 Å². The van der Waals surface area contributed by atoms with Crippen LogP contribution in [-0.2, 0) is 6.42 Å². The molecule has 3 rings (SSSR count). The summed E-state index contributed by atoms with van der Waals surface area (Å²) in [6.45, 7) is 4.15. The van der Waals surface area contributed by atoms with Crippen LogP contribution in [-0.4, -0.2) is 9.67 Å². The van der Waals surface area contributed by atoms with Gasteiger partial charge in [-0.25, -0.2) is 8.78 Å². The zero-order valence-electron chi connectivity index (χ0n) is 11.8. The van der Waals surface area contributed by atoms with Gasteiger partial charge in [0.1, 0.15) is 11.6 Å². The highest BCUT2D eigenvalue weighted by Gasteiger charge is 2.33. The van der Waals surface area contributed by atoms with Crippen molar-refractivity contribution in [1.82, 2.24) is 4.57 Å². The van der Waals surface area contributed by atoms with Crippen molar-refractivity contribution in [3.8, 4) is 5.69 Å². The Balaban J connectivity index is 2.16. The van der Waals surface area contributed by atoms with Gasteiger partial charge in [-0.2, -0.15) is 0 Å². The molecule has 1 aliphatic rings. The van der Waals surface area contributed by atoms with Crippen molar-refractivity contribution in [2.45, 2.75) is 32.8 Å². The zero-order valence-corrected chi connectivity index (χ0v) is 13.4. The molecule has 1 heterocycles. The molecule has 0 fully saturated rings. The largest absolute Gasteiger partial charge is 0.388 e. The third-order valence-electron chi connectivity index (χ3n) is 4.03. The van der Waals surface area contributed by atoms with Crippen molar-refractivity contribution < 1.29 is 13.9 Å².